The molecule has 3 aromatic heterocycles. The molecule has 0 spiro atoms. The molecule has 2 fully saturated rings. The minimum atomic E-state index is -0.779. The van der Waals surface area contributed by atoms with E-state index >= 15 is 4.39 Å². The summed E-state index contributed by atoms with van der Waals surface area (Å²) in [5, 5.41) is 6.25. The summed E-state index contributed by atoms with van der Waals surface area (Å²) in [6.45, 7) is 9.17. The Hall–Kier alpha value is -7.37. The molecular weight excluding hydrogens is 898 g/mol. The monoisotopic (exact) mass is 955 g/mol. The number of rotatable bonds is 11. The zero-order chi connectivity index (χ0) is 49.0. The molecule has 5 atom stereocenters. The van der Waals surface area contributed by atoms with Crippen molar-refractivity contribution in [1.82, 2.24) is 44.9 Å². The van der Waals surface area contributed by atoms with E-state index in [1.54, 1.807) is 22.2 Å². The highest BCUT2D eigenvalue weighted by Gasteiger charge is 2.40. The van der Waals surface area contributed by atoms with Crippen molar-refractivity contribution >= 4 is 34.9 Å². The summed E-state index contributed by atoms with van der Waals surface area (Å²) < 4.78 is 41.7. The smallest absolute Gasteiger partial charge is 0.407 e. The summed E-state index contributed by atoms with van der Waals surface area (Å²) in [6.07, 6.45) is 6.18. The molecule has 10 rings (SSSR count). The summed E-state index contributed by atoms with van der Waals surface area (Å²) in [5.74, 6) is 1.14. The van der Waals surface area contributed by atoms with Crippen LogP contribution in [0, 0.1) is 17.7 Å². The van der Waals surface area contributed by atoms with E-state index in [9.17, 15) is 19.2 Å². The van der Waals surface area contributed by atoms with E-state index in [0.717, 1.165) is 64.7 Å². The van der Waals surface area contributed by atoms with Gasteiger partial charge in [-0.1, -0.05) is 45.9 Å². The second-order valence-corrected chi connectivity index (χ2v) is 19.3. The van der Waals surface area contributed by atoms with Crippen LogP contribution in [0.2, 0.25) is 0 Å². The molecule has 7 heterocycles. The number of carbonyl (C=O) groups excluding carboxylic acids is 4. The first-order valence-corrected chi connectivity index (χ1v) is 24.1. The van der Waals surface area contributed by atoms with Gasteiger partial charge in [0.05, 0.1) is 73.5 Å². The number of alkyl carbamates (subject to hydrolysis) is 2. The topological polar surface area (TPSA) is 198 Å². The van der Waals surface area contributed by atoms with Gasteiger partial charge in [0.2, 0.25) is 18.0 Å². The highest BCUT2D eigenvalue weighted by molar-refractivity contribution is 5.93. The maximum atomic E-state index is 17.0. The Morgan fingerprint density at radius 3 is 1.96 bits per heavy atom. The van der Waals surface area contributed by atoms with Crippen LogP contribution in [0.15, 0.2) is 67.0 Å². The lowest BCUT2D eigenvalue weighted by Crippen LogP contribution is -2.51. The summed E-state index contributed by atoms with van der Waals surface area (Å²) in [7, 11) is 2.54. The van der Waals surface area contributed by atoms with Gasteiger partial charge in [-0.2, -0.15) is 0 Å². The largest absolute Gasteiger partial charge is 0.493 e. The Kier molecular flexibility index (Phi) is 12.5. The average molecular weight is 956 g/mol. The number of fused-ring (bicyclic) bond motifs is 6. The molecule has 6 aromatic rings. The summed E-state index contributed by atoms with van der Waals surface area (Å²) in [5.41, 5.74) is 6.43. The minimum Gasteiger partial charge on any atom is -0.493 e. The third-order valence-electron chi connectivity index (χ3n) is 14.1. The summed E-state index contributed by atoms with van der Waals surface area (Å²) in [6, 6.07) is 15.3. The zero-order valence-electron chi connectivity index (χ0n) is 40.1. The number of aromatic amines is 2. The standard InChI is InChI=1S/C52H58FN9O8/c1-27(2)44(58-51(65)67-5)48(63)60-17-7-11-38(60)46-54-25-35(56-46)30-15-16-37-33(20-30)22-40-43-34(53)21-32(24-42(43)70-50(62(37)40)31-14-13-29-10-9-19-69-41(29)23-31)36-26-55-47(57-36)39-12-8-18-61(39)49(64)45(28(3)4)59-52(66)68-6/h13-16,20-28,38-39,44-45,50H,7-12,17-19H2,1-6H3,(H,54,56)(H,55,57)(H,58,65)(H,59,66)/t38-,39-,44-,45-,50-/m0/s1. The molecule has 3 aromatic carbocycles. The first-order valence-electron chi connectivity index (χ1n) is 24.1. The van der Waals surface area contributed by atoms with Gasteiger partial charge in [0, 0.05) is 35.2 Å². The van der Waals surface area contributed by atoms with Crippen LogP contribution in [-0.4, -0.2) is 104 Å². The fourth-order valence-electron chi connectivity index (χ4n) is 10.5. The van der Waals surface area contributed by atoms with Crippen molar-refractivity contribution in [3.05, 3.63) is 95.6 Å². The second kappa shape index (κ2) is 18.8. The number of aromatic nitrogens is 5. The van der Waals surface area contributed by atoms with Gasteiger partial charge in [-0.3, -0.25) is 9.59 Å². The molecule has 0 radical (unpaired) electrons. The fourth-order valence-corrected chi connectivity index (χ4v) is 10.5. The van der Waals surface area contributed by atoms with Gasteiger partial charge in [-0.15, -0.1) is 0 Å². The Balaban J connectivity index is 0.981. The Morgan fingerprint density at radius 2 is 1.36 bits per heavy atom. The molecule has 0 unspecified atom stereocenters. The molecule has 70 heavy (non-hydrogen) atoms. The molecule has 0 aliphatic carbocycles. The molecule has 2 saturated heterocycles. The Labute approximate surface area is 404 Å². The lowest BCUT2D eigenvalue weighted by atomic mass is 10.0. The van der Waals surface area contributed by atoms with E-state index in [0.29, 0.717) is 72.5 Å². The quantitative estimate of drug-likeness (QED) is 0.0976. The van der Waals surface area contributed by atoms with Crippen molar-refractivity contribution in [1.29, 1.82) is 0 Å². The highest BCUT2D eigenvalue weighted by atomic mass is 19.1. The van der Waals surface area contributed by atoms with Crippen molar-refractivity contribution in [2.24, 2.45) is 11.8 Å². The van der Waals surface area contributed by atoms with Crippen LogP contribution in [0.5, 0.6) is 11.5 Å². The number of nitrogens with zero attached hydrogens (tertiary/aromatic N) is 5. The van der Waals surface area contributed by atoms with Gasteiger partial charge < -0.3 is 53.9 Å². The molecule has 4 amide bonds. The molecule has 4 aliphatic rings. The first kappa shape index (κ1) is 46.4. The number of likely N-dealkylation sites (tertiary alicyclic amines) is 2. The Bertz CT molecular complexity index is 3000. The van der Waals surface area contributed by atoms with Crippen molar-refractivity contribution in [2.75, 3.05) is 33.9 Å². The van der Waals surface area contributed by atoms with Gasteiger partial charge in [0.1, 0.15) is 41.0 Å². The van der Waals surface area contributed by atoms with Crippen molar-refractivity contribution in [3.63, 3.8) is 0 Å². The third kappa shape index (κ3) is 8.46. The second-order valence-electron chi connectivity index (χ2n) is 19.3. The normalized spacial score (nSPS) is 19.2. The summed E-state index contributed by atoms with van der Waals surface area (Å²) in [4.78, 5) is 71.8. The SMILES string of the molecule is COC(=O)N[C@H](C(=O)N1CCC[C@H]1c1ncc(-c2cc(F)c3c(c2)O[C@@H](c2ccc4c(c2)OCCC4)n2c-3cc3cc(-c4cnc([C@@H]5CCCN5C(=O)[C@@H](NC(=O)OC)C(C)C)[nH]4)ccc32)[nH]1)C(C)C. The van der Waals surface area contributed by atoms with Crippen molar-refractivity contribution in [3.8, 4) is 45.3 Å². The number of benzene rings is 3. The molecule has 4 aliphatic heterocycles. The number of amides is 4. The van der Waals surface area contributed by atoms with Crippen LogP contribution in [0.3, 0.4) is 0 Å². The lowest BCUT2D eigenvalue weighted by molar-refractivity contribution is -0.136. The molecule has 18 heteroatoms. The highest BCUT2D eigenvalue weighted by Crippen LogP contribution is 2.48. The Morgan fingerprint density at radius 1 is 0.743 bits per heavy atom. The van der Waals surface area contributed by atoms with E-state index in [4.69, 9.17) is 28.9 Å². The van der Waals surface area contributed by atoms with Crippen LogP contribution < -0.4 is 20.1 Å². The van der Waals surface area contributed by atoms with Gasteiger partial charge in [-0.05, 0) is 92.3 Å². The average Bonchev–Trinajstić information content (AvgIpc) is 4.23. The summed E-state index contributed by atoms with van der Waals surface area (Å²) >= 11 is 0. The van der Waals surface area contributed by atoms with E-state index in [-0.39, 0.29) is 35.7 Å². The van der Waals surface area contributed by atoms with Crippen LogP contribution in [0.25, 0.3) is 44.7 Å². The number of carbonyl (C=O) groups is 4. The predicted molar refractivity (Wildman–Crippen MR) is 257 cm³/mol. The number of ether oxygens (including phenoxy) is 4. The maximum Gasteiger partial charge on any atom is 0.407 e. The number of aryl methyl sites for hydroxylation is 1. The number of halogens is 1. The van der Waals surface area contributed by atoms with Gasteiger partial charge >= 0.3 is 12.2 Å². The number of imidazole rings is 2. The lowest BCUT2D eigenvalue weighted by Gasteiger charge is -2.31. The van der Waals surface area contributed by atoms with E-state index in [1.807, 2.05) is 74.7 Å². The maximum absolute atomic E-state index is 17.0. The van der Waals surface area contributed by atoms with E-state index < -0.39 is 36.3 Å². The van der Waals surface area contributed by atoms with Crippen LogP contribution in [-0.2, 0) is 25.5 Å². The number of H-pyrrole nitrogens is 2. The van der Waals surface area contributed by atoms with E-state index in [2.05, 4.69) is 26.7 Å². The van der Waals surface area contributed by atoms with Crippen molar-refractivity contribution < 1.29 is 42.5 Å². The number of nitrogens with one attached hydrogen (secondary N) is 4. The molecule has 0 bridgehead atoms. The zero-order valence-corrected chi connectivity index (χ0v) is 40.1. The first-order chi connectivity index (χ1) is 33.8. The minimum absolute atomic E-state index is 0.158. The molecule has 17 nitrogen and oxygen atoms in total. The molecular formula is C52H58FN9O8. The van der Waals surface area contributed by atoms with Gasteiger partial charge in [0.25, 0.3) is 0 Å². The van der Waals surface area contributed by atoms with Crippen LogP contribution in [0.4, 0.5) is 14.0 Å². The van der Waals surface area contributed by atoms with Crippen LogP contribution >= 0.6 is 0 Å². The predicted octanol–water partition coefficient (Wildman–Crippen LogP) is 8.58. The molecule has 4 N–H and O–H groups in total. The number of methoxy groups -OCH3 is 2. The fraction of sp³-hybridized carbons (Fsp3) is 0.423. The van der Waals surface area contributed by atoms with Gasteiger partial charge in [-0.25, -0.2) is 23.9 Å². The molecule has 366 valence electrons. The molecule has 0 saturated carbocycles. The van der Waals surface area contributed by atoms with Crippen molar-refractivity contribution in [2.45, 2.75) is 96.6 Å². The number of hydrogen-bond donors (Lipinski definition) is 4. The number of hydrogen-bond acceptors (Lipinski definition) is 10. The van der Waals surface area contributed by atoms with Gasteiger partial charge in [0.15, 0.2) is 0 Å². The third-order valence-corrected chi connectivity index (χ3v) is 14.1. The van der Waals surface area contributed by atoms with Crippen LogP contribution in [0.1, 0.15) is 101 Å². The van der Waals surface area contributed by atoms with E-state index in [1.165, 1.54) is 20.3 Å².